The standard InChI is InChI=1S/C20H30O2/c1-4-10-18(11-5-1)21-16-20(14-8-3-9-15-20)17-22-19-12-6-2-7-13-19/h3-4,6,8,10,12,18-19H,1-2,5,7,9,11,13-17H2. The average Bonchev–Trinajstić information content (AvgIpc) is 2.61. The third kappa shape index (κ3) is 4.57. The zero-order chi connectivity index (χ0) is 15.1. The van der Waals surface area contributed by atoms with E-state index >= 15 is 0 Å². The van der Waals surface area contributed by atoms with Crippen LogP contribution in [0.4, 0.5) is 0 Å². The highest BCUT2D eigenvalue weighted by molar-refractivity contribution is 5.00. The summed E-state index contributed by atoms with van der Waals surface area (Å²) in [5.74, 6) is 0. The van der Waals surface area contributed by atoms with Gasteiger partial charge in [0.2, 0.25) is 0 Å². The molecule has 0 saturated carbocycles. The van der Waals surface area contributed by atoms with E-state index in [0.717, 1.165) is 26.1 Å². The Labute approximate surface area is 135 Å². The smallest absolute Gasteiger partial charge is 0.0756 e. The van der Waals surface area contributed by atoms with Crippen LogP contribution < -0.4 is 0 Å². The first-order valence-corrected chi connectivity index (χ1v) is 9.08. The van der Waals surface area contributed by atoms with Crippen molar-refractivity contribution in [3.63, 3.8) is 0 Å². The Balaban J connectivity index is 1.54. The molecule has 0 heterocycles. The summed E-state index contributed by atoms with van der Waals surface area (Å²) < 4.78 is 12.5. The summed E-state index contributed by atoms with van der Waals surface area (Å²) >= 11 is 0. The van der Waals surface area contributed by atoms with Crippen molar-refractivity contribution in [2.45, 2.75) is 70.0 Å². The van der Waals surface area contributed by atoms with Crippen LogP contribution in [-0.4, -0.2) is 25.4 Å². The van der Waals surface area contributed by atoms with Crippen molar-refractivity contribution < 1.29 is 9.47 Å². The van der Waals surface area contributed by atoms with Gasteiger partial charge in [-0.3, -0.25) is 0 Å². The second-order valence-electron chi connectivity index (χ2n) is 7.13. The van der Waals surface area contributed by atoms with Gasteiger partial charge in [0.1, 0.15) is 0 Å². The van der Waals surface area contributed by atoms with E-state index < -0.39 is 0 Å². The van der Waals surface area contributed by atoms with Crippen LogP contribution in [0.3, 0.4) is 0 Å². The first-order chi connectivity index (χ1) is 10.9. The Kier molecular flexibility index (Phi) is 5.91. The molecule has 0 aromatic carbocycles. The minimum Gasteiger partial charge on any atom is -0.373 e. The largest absolute Gasteiger partial charge is 0.373 e. The second kappa shape index (κ2) is 8.12. The molecular formula is C20H30O2. The summed E-state index contributed by atoms with van der Waals surface area (Å²) in [6, 6.07) is 0. The highest BCUT2D eigenvalue weighted by Gasteiger charge is 2.32. The molecule has 122 valence electrons. The highest BCUT2D eigenvalue weighted by atomic mass is 16.5. The van der Waals surface area contributed by atoms with E-state index in [0.29, 0.717) is 12.2 Å². The van der Waals surface area contributed by atoms with Crippen LogP contribution in [0.15, 0.2) is 36.5 Å². The fourth-order valence-corrected chi connectivity index (χ4v) is 3.65. The van der Waals surface area contributed by atoms with Crippen molar-refractivity contribution in [2.75, 3.05) is 13.2 Å². The maximum atomic E-state index is 6.25. The lowest BCUT2D eigenvalue weighted by Crippen LogP contribution is -2.36. The summed E-state index contributed by atoms with van der Waals surface area (Å²) in [5.41, 5.74) is 0.186. The van der Waals surface area contributed by atoms with Gasteiger partial charge in [-0.25, -0.2) is 0 Å². The van der Waals surface area contributed by atoms with Gasteiger partial charge >= 0.3 is 0 Å². The lowest BCUT2D eigenvalue weighted by atomic mass is 9.78. The van der Waals surface area contributed by atoms with Gasteiger partial charge in [0.05, 0.1) is 25.4 Å². The number of rotatable bonds is 6. The summed E-state index contributed by atoms with van der Waals surface area (Å²) in [6.45, 7) is 1.67. The summed E-state index contributed by atoms with van der Waals surface area (Å²) in [6.07, 6.45) is 25.1. The van der Waals surface area contributed by atoms with Crippen molar-refractivity contribution in [3.05, 3.63) is 36.5 Å². The molecule has 0 fully saturated rings. The molecule has 0 aromatic heterocycles. The van der Waals surface area contributed by atoms with Crippen molar-refractivity contribution in [3.8, 4) is 0 Å². The number of ether oxygens (including phenoxy) is 2. The van der Waals surface area contributed by atoms with E-state index in [1.807, 2.05) is 0 Å². The maximum absolute atomic E-state index is 6.25. The molecule has 0 aromatic rings. The zero-order valence-electron chi connectivity index (χ0n) is 13.7. The van der Waals surface area contributed by atoms with Gasteiger partial charge in [0, 0.05) is 5.41 Å². The van der Waals surface area contributed by atoms with Gasteiger partial charge in [-0.2, -0.15) is 0 Å². The molecule has 3 aliphatic rings. The SMILES string of the molecule is C1=CC(OCC2(COC3C=CCCC3)CC=CCC2)CCC1. The number of allylic oxidation sites excluding steroid dienone is 4. The van der Waals surface area contributed by atoms with Gasteiger partial charge in [-0.15, -0.1) is 0 Å². The molecule has 2 heteroatoms. The molecule has 0 N–H and O–H groups in total. The molecule has 2 nitrogen and oxygen atoms in total. The highest BCUT2D eigenvalue weighted by Crippen LogP contribution is 2.35. The Morgan fingerprint density at radius 2 is 1.41 bits per heavy atom. The van der Waals surface area contributed by atoms with E-state index in [1.54, 1.807) is 0 Å². The van der Waals surface area contributed by atoms with Crippen molar-refractivity contribution in [1.82, 2.24) is 0 Å². The predicted molar refractivity (Wildman–Crippen MR) is 90.9 cm³/mol. The zero-order valence-corrected chi connectivity index (χ0v) is 13.7. The van der Waals surface area contributed by atoms with Gasteiger partial charge in [0.15, 0.2) is 0 Å². The average molecular weight is 302 g/mol. The van der Waals surface area contributed by atoms with E-state index in [2.05, 4.69) is 36.5 Å². The van der Waals surface area contributed by atoms with E-state index in [-0.39, 0.29) is 5.41 Å². The monoisotopic (exact) mass is 302 g/mol. The van der Waals surface area contributed by atoms with Crippen LogP contribution in [0.2, 0.25) is 0 Å². The normalized spacial score (nSPS) is 34.9. The predicted octanol–water partition coefficient (Wildman–Crippen LogP) is 4.96. The van der Waals surface area contributed by atoms with Crippen LogP contribution in [-0.2, 0) is 9.47 Å². The number of hydrogen-bond acceptors (Lipinski definition) is 2. The molecule has 0 spiro atoms. The van der Waals surface area contributed by atoms with Crippen molar-refractivity contribution in [2.24, 2.45) is 5.41 Å². The molecule has 0 amide bonds. The summed E-state index contributed by atoms with van der Waals surface area (Å²) in [5, 5.41) is 0. The third-order valence-corrected chi connectivity index (χ3v) is 5.19. The van der Waals surface area contributed by atoms with E-state index in [1.165, 1.54) is 44.9 Å². The molecular weight excluding hydrogens is 272 g/mol. The minimum atomic E-state index is 0.186. The molecule has 0 bridgehead atoms. The van der Waals surface area contributed by atoms with Crippen LogP contribution in [0, 0.1) is 5.41 Å². The Hall–Kier alpha value is -0.860. The minimum absolute atomic E-state index is 0.186. The van der Waals surface area contributed by atoms with Gasteiger partial charge in [-0.05, 0) is 57.8 Å². The van der Waals surface area contributed by atoms with Crippen LogP contribution >= 0.6 is 0 Å². The maximum Gasteiger partial charge on any atom is 0.0756 e. The molecule has 3 rings (SSSR count). The topological polar surface area (TPSA) is 18.5 Å². The second-order valence-corrected chi connectivity index (χ2v) is 7.13. The Morgan fingerprint density at radius 1 is 0.773 bits per heavy atom. The lowest BCUT2D eigenvalue weighted by molar-refractivity contribution is -0.0599. The lowest BCUT2D eigenvalue weighted by Gasteiger charge is -2.37. The van der Waals surface area contributed by atoms with Gasteiger partial charge in [0.25, 0.3) is 0 Å². The quantitative estimate of drug-likeness (QED) is 0.645. The molecule has 0 radical (unpaired) electrons. The molecule has 22 heavy (non-hydrogen) atoms. The van der Waals surface area contributed by atoms with Crippen molar-refractivity contribution >= 4 is 0 Å². The summed E-state index contributed by atoms with van der Waals surface area (Å²) in [4.78, 5) is 0. The van der Waals surface area contributed by atoms with E-state index in [4.69, 9.17) is 9.47 Å². The first-order valence-electron chi connectivity index (χ1n) is 9.08. The molecule has 3 aliphatic carbocycles. The molecule has 2 unspecified atom stereocenters. The van der Waals surface area contributed by atoms with Crippen LogP contribution in [0.1, 0.15) is 57.8 Å². The Bertz CT molecular complexity index is 393. The van der Waals surface area contributed by atoms with Crippen molar-refractivity contribution in [1.29, 1.82) is 0 Å². The van der Waals surface area contributed by atoms with Gasteiger partial charge < -0.3 is 9.47 Å². The number of hydrogen-bond donors (Lipinski definition) is 0. The van der Waals surface area contributed by atoms with Gasteiger partial charge in [-0.1, -0.05) is 36.5 Å². The summed E-state index contributed by atoms with van der Waals surface area (Å²) in [7, 11) is 0. The van der Waals surface area contributed by atoms with Crippen LogP contribution in [0.25, 0.3) is 0 Å². The van der Waals surface area contributed by atoms with Crippen LogP contribution in [0.5, 0.6) is 0 Å². The Morgan fingerprint density at radius 3 is 1.86 bits per heavy atom. The molecule has 2 atom stereocenters. The third-order valence-electron chi connectivity index (χ3n) is 5.19. The molecule has 0 saturated heterocycles. The first kappa shape index (κ1) is 16.0. The fourth-order valence-electron chi connectivity index (χ4n) is 3.65. The molecule has 0 aliphatic heterocycles. The van der Waals surface area contributed by atoms with E-state index in [9.17, 15) is 0 Å². The fraction of sp³-hybridized carbons (Fsp3) is 0.700.